The summed E-state index contributed by atoms with van der Waals surface area (Å²) in [4.78, 5) is 35.9. The Kier molecular flexibility index (Phi) is 10.8. The van der Waals surface area contributed by atoms with Gasteiger partial charge in [-0.25, -0.2) is 0 Å². The number of nitrogens with two attached hydrogens (primary N) is 2. The van der Waals surface area contributed by atoms with E-state index in [0.29, 0.717) is 39.0 Å². The van der Waals surface area contributed by atoms with E-state index in [-0.39, 0.29) is 23.2 Å². The largest absolute Gasteiger partial charge is 0.374 e. The number of nitrogens with one attached hydrogen (secondary N) is 1. The Balaban J connectivity index is 4.30. The third-order valence-corrected chi connectivity index (χ3v) is 4.65. The predicted octanol–water partition coefficient (Wildman–Crippen LogP) is 1.77. The molecule has 0 heterocycles. The van der Waals surface area contributed by atoms with Crippen molar-refractivity contribution in [1.82, 2.24) is 5.32 Å². The van der Waals surface area contributed by atoms with E-state index in [1.165, 1.54) is 0 Å². The summed E-state index contributed by atoms with van der Waals surface area (Å²) < 4.78 is 5.86. The molecule has 2 amide bonds. The highest BCUT2D eigenvalue weighted by molar-refractivity contribution is 6.01. The number of primary amides is 1. The molecule has 5 N–H and O–H groups in total. The molecule has 0 aromatic rings. The van der Waals surface area contributed by atoms with E-state index < -0.39 is 17.2 Å². The van der Waals surface area contributed by atoms with Crippen molar-refractivity contribution in [2.75, 3.05) is 19.7 Å². The van der Waals surface area contributed by atoms with Crippen LogP contribution in [0.1, 0.15) is 67.2 Å². The molecule has 0 aliphatic carbocycles. The highest BCUT2D eigenvalue weighted by Crippen LogP contribution is 2.22. The topological polar surface area (TPSA) is 125 Å². The molecule has 0 bridgehead atoms. The van der Waals surface area contributed by atoms with Crippen molar-refractivity contribution in [2.24, 2.45) is 28.7 Å². The molecular formula is C20H39N3O4. The number of carbonyl (C=O) groups is 3. The standard InChI is InChI=1S/C20H39N3O4/c1-14(2)16(24)15(17(22)25)9-7-8-12-23-18(26)19(3,4)13-27-20(5,6)10-11-21/h14-15H,7-13,21H2,1-6H3,(H2,22,25)(H,23,26). The quantitative estimate of drug-likeness (QED) is 0.310. The number of carbonyl (C=O) groups excluding carboxylic acids is 3. The number of hydrogen-bond acceptors (Lipinski definition) is 5. The number of Topliss-reactive ketones (excluding diaryl/α,β-unsaturated/α-hetero) is 1. The molecule has 27 heavy (non-hydrogen) atoms. The fraction of sp³-hybridized carbons (Fsp3) is 0.850. The minimum atomic E-state index is -0.740. The van der Waals surface area contributed by atoms with Crippen LogP contribution in [0.25, 0.3) is 0 Å². The summed E-state index contributed by atoms with van der Waals surface area (Å²) in [6.45, 7) is 12.4. The fourth-order valence-electron chi connectivity index (χ4n) is 2.60. The van der Waals surface area contributed by atoms with Crippen molar-refractivity contribution < 1.29 is 19.1 Å². The average Bonchev–Trinajstić information content (AvgIpc) is 2.55. The SMILES string of the molecule is CC(C)C(=O)C(CCCCNC(=O)C(C)(C)COC(C)(C)CCN)C(N)=O. The number of rotatable bonds is 14. The van der Waals surface area contributed by atoms with Gasteiger partial charge in [0.2, 0.25) is 11.8 Å². The van der Waals surface area contributed by atoms with E-state index in [1.807, 2.05) is 27.7 Å². The second-order valence-corrected chi connectivity index (χ2v) is 8.73. The van der Waals surface area contributed by atoms with Crippen molar-refractivity contribution in [3.05, 3.63) is 0 Å². The molecule has 0 aliphatic heterocycles. The molecular weight excluding hydrogens is 346 g/mol. The van der Waals surface area contributed by atoms with Gasteiger partial charge in [-0.05, 0) is 53.5 Å². The van der Waals surface area contributed by atoms with Gasteiger partial charge in [0.1, 0.15) is 5.78 Å². The summed E-state index contributed by atoms with van der Waals surface area (Å²) >= 11 is 0. The summed E-state index contributed by atoms with van der Waals surface area (Å²) in [7, 11) is 0. The van der Waals surface area contributed by atoms with Crippen molar-refractivity contribution in [2.45, 2.75) is 72.8 Å². The zero-order chi connectivity index (χ0) is 21.3. The van der Waals surface area contributed by atoms with E-state index >= 15 is 0 Å². The summed E-state index contributed by atoms with van der Waals surface area (Å²) in [5.41, 5.74) is 9.89. The third kappa shape index (κ3) is 9.86. The van der Waals surface area contributed by atoms with E-state index in [2.05, 4.69) is 5.32 Å². The van der Waals surface area contributed by atoms with E-state index in [9.17, 15) is 14.4 Å². The minimum absolute atomic E-state index is 0.0873. The van der Waals surface area contributed by atoms with Crippen LogP contribution >= 0.6 is 0 Å². The van der Waals surface area contributed by atoms with Gasteiger partial charge in [-0.15, -0.1) is 0 Å². The van der Waals surface area contributed by atoms with E-state index in [1.54, 1.807) is 13.8 Å². The Morgan fingerprint density at radius 3 is 2.15 bits per heavy atom. The zero-order valence-corrected chi connectivity index (χ0v) is 17.9. The first-order chi connectivity index (χ1) is 12.3. The smallest absolute Gasteiger partial charge is 0.228 e. The van der Waals surface area contributed by atoms with Crippen LogP contribution in [0.5, 0.6) is 0 Å². The maximum absolute atomic E-state index is 12.4. The van der Waals surface area contributed by atoms with Crippen LogP contribution in [0.15, 0.2) is 0 Å². The molecule has 0 rings (SSSR count). The van der Waals surface area contributed by atoms with Gasteiger partial charge in [0.05, 0.1) is 23.5 Å². The molecule has 7 nitrogen and oxygen atoms in total. The molecule has 0 aromatic carbocycles. The Morgan fingerprint density at radius 1 is 1.07 bits per heavy atom. The lowest BCUT2D eigenvalue weighted by Gasteiger charge is -2.31. The lowest BCUT2D eigenvalue weighted by Crippen LogP contribution is -2.43. The second kappa shape index (κ2) is 11.4. The van der Waals surface area contributed by atoms with Crippen molar-refractivity contribution in [3.63, 3.8) is 0 Å². The average molecular weight is 386 g/mol. The maximum Gasteiger partial charge on any atom is 0.228 e. The molecule has 158 valence electrons. The summed E-state index contributed by atoms with van der Waals surface area (Å²) in [6, 6.07) is 0. The molecule has 1 unspecified atom stereocenters. The Hall–Kier alpha value is -1.47. The minimum Gasteiger partial charge on any atom is -0.374 e. The Bertz CT molecular complexity index is 501. The van der Waals surface area contributed by atoms with Gasteiger partial charge in [0.15, 0.2) is 0 Å². The van der Waals surface area contributed by atoms with Crippen LogP contribution < -0.4 is 16.8 Å². The third-order valence-electron chi connectivity index (χ3n) is 4.65. The van der Waals surface area contributed by atoms with Crippen molar-refractivity contribution >= 4 is 17.6 Å². The van der Waals surface area contributed by atoms with Crippen LogP contribution in [0.3, 0.4) is 0 Å². The predicted molar refractivity (Wildman–Crippen MR) is 107 cm³/mol. The molecule has 0 fully saturated rings. The first-order valence-corrected chi connectivity index (χ1v) is 9.79. The Morgan fingerprint density at radius 2 is 1.67 bits per heavy atom. The number of ketones is 1. The monoisotopic (exact) mass is 385 g/mol. The summed E-state index contributed by atoms with van der Waals surface area (Å²) in [5, 5.41) is 2.90. The lowest BCUT2D eigenvalue weighted by atomic mass is 9.90. The van der Waals surface area contributed by atoms with E-state index in [0.717, 1.165) is 6.42 Å². The molecule has 0 aliphatic rings. The molecule has 7 heteroatoms. The molecule has 0 radical (unpaired) electrons. The Labute approximate surface area is 164 Å². The van der Waals surface area contributed by atoms with Gasteiger partial charge < -0.3 is 21.5 Å². The number of unbranched alkanes of at least 4 members (excludes halogenated alkanes) is 1. The lowest BCUT2D eigenvalue weighted by molar-refractivity contribution is -0.137. The van der Waals surface area contributed by atoms with Crippen LogP contribution in [-0.4, -0.2) is 42.9 Å². The maximum atomic E-state index is 12.4. The van der Waals surface area contributed by atoms with Gasteiger partial charge in [0.25, 0.3) is 0 Å². The number of hydrogen-bond donors (Lipinski definition) is 3. The van der Waals surface area contributed by atoms with Gasteiger partial charge in [-0.2, -0.15) is 0 Å². The first-order valence-electron chi connectivity index (χ1n) is 9.79. The fourth-order valence-corrected chi connectivity index (χ4v) is 2.60. The van der Waals surface area contributed by atoms with Gasteiger partial charge in [-0.3, -0.25) is 14.4 Å². The number of amides is 2. The van der Waals surface area contributed by atoms with Crippen molar-refractivity contribution in [3.8, 4) is 0 Å². The summed E-state index contributed by atoms with van der Waals surface area (Å²) in [5.74, 6) is -1.74. The van der Waals surface area contributed by atoms with Crippen LogP contribution in [0.4, 0.5) is 0 Å². The second-order valence-electron chi connectivity index (χ2n) is 8.73. The van der Waals surface area contributed by atoms with Gasteiger partial charge >= 0.3 is 0 Å². The van der Waals surface area contributed by atoms with Gasteiger partial charge in [0, 0.05) is 12.5 Å². The van der Waals surface area contributed by atoms with Crippen LogP contribution in [0.2, 0.25) is 0 Å². The molecule has 0 saturated heterocycles. The highest BCUT2D eigenvalue weighted by atomic mass is 16.5. The number of ether oxygens (including phenoxy) is 1. The molecule has 0 spiro atoms. The van der Waals surface area contributed by atoms with Gasteiger partial charge in [-0.1, -0.05) is 20.3 Å². The van der Waals surface area contributed by atoms with Crippen LogP contribution in [-0.2, 0) is 19.1 Å². The van der Waals surface area contributed by atoms with E-state index in [4.69, 9.17) is 16.2 Å². The van der Waals surface area contributed by atoms with Crippen LogP contribution in [0, 0.1) is 17.3 Å². The molecule has 1 atom stereocenters. The molecule has 0 aromatic heterocycles. The summed E-state index contributed by atoms with van der Waals surface area (Å²) in [6.07, 6.45) is 2.46. The normalized spacial score (nSPS) is 13.5. The van der Waals surface area contributed by atoms with Crippen molar-refractivity contribution in [1.29, 1.82) is 0 Å². The molecule has 0 saturated carbocycles. The zero-order valence-electron chi connectivity index (χ0n) is 17.9. The highest BCUT2D eigenvalue weighted by Gasteiger charge is 2.31. The first kappa shape index (κ1) is 25.5.